The lowest BCUT2D eigenvalue weighted by Gasteiger charge is -2.05. The summed E-state index contributed by atoms with van der Waals surface area (Å²) in [5.74, 6) is -0.338. The Labute approximate surface area is 92.8 Å². The number of carbonyl (C=O) groups is 1. The molecule has 0 amide bonds. The highest BCUT2D eigenvalue weighted by atomic mass is 35.5. The van der Waals surface area contributed by atoms with Crippen LogP contribution < -0.4 is 0 Å². The van der Waals surface area contributed by atoms with Crippen molar-refractivity contribution >= 4 is 29.2 Å². The third-order valence-electron chi connectivity index (χ3n) is 1.56. The van der Waals surface area contributed by atoms with Crippen LogP contribution >= 0.6 is 23.2 Å². The number of hydrogen-bond donors (Lipinski definition) is 0. The van der Waals surface area contributed by atoms with E-state index in [0.29, 0.717) is 5.02 Å². The van der Waals surface area contributed by atoms with Gasteiger partial charge in [-0.2, -0.15) is 0 Å². The summed E-state index contributed by atoms with van der Waals surface area (Å²) >= 11 is 11.2. The zero-order valence-electron chi connectivity index (χ0n) is 7.67. The maximum atomic E-state index is 11.2. The lowest BCUT2D eigenvalue weighted by molar-refractivity contribution is -0.143. The van der Waals surface area contributed by atoms with Crippen LogP contribution in [0.25, 0.3) is 0 Å². The number of rotatable bonds is 3. The summed E-state index contributed by atoms with van der Waals surface area (Å²) in [4.78, 5) is 11.2. The molecule has 14 heavy (non-hydrogen) atoms. The Morgan fingerprint density at radius 3 is 2.50 bits per heavy atom. The molecule has 0 aliphatic heterocycles. The minimum atomic E-state index is -0.588. The Hall–Kier alpha value is -0.730. The van der Waals surface area contributed by atoms with Gasteiger partial charge in [-0.05, 0) is 24.6 Å². The molecule has 0 spiro atoms. The van der Waals surface area contributed by atoms with E-state index in [-0.39, 0.29) is 12.4 Å². The van der Waals surface area contributed by atoms with Crippen LogP contribution in [-0.2, 0) is 16.0 Å². The van der Waals surface area contributed by atoms with E-state index in [9.17, 15) is 4.79 Å². The first kappa shape index (κ1) is 11.3. The van der Waals surface area contributed by atoms with Crippen LogP contribution in [0.5, 0.6) is 0 Å². The highest BCUT2D eigenvalue weighted by Gasteiger charge is 2.07. The van der Waals surface area contributed by atoms with Crippen molar-refractivity contribution in [1.82, 2.24) is 0 Å². The first-order valence-electron chi connectivity index (χ1n) is 4.16. The Morgan fingerprint density at radius 2 is 2.00 bits per heavy atom. The van der Waals surface area contributed by atoms with Crippen LogP contribution in [0.1, 0.15) is 12.5 Å². The van der Waals surface area contributed by atoms with Crippen molar-refractivity contribution in [3.63, 3.8) is 0 Å². The van der Waals surface area contributed by atoms with E-state index in [2.05, 4.69) is 0 Å². The number of halogens is 2. The van der Waals surface area contributed by atoms with Gasteiger partial charge in [0.05, 0.1) is 6.42 Å². The van der Waals surface area contributed by atoms with Gasteiger partial charge in [-0.1, -0.05) is 35.3 Å². The quantitative estimate of drug-likeness (QED) is 0.592. The third-order valence-corrected chi connectivity index (χ3v) is 1.90. The standard InChI is InChI=1S/C10H10Cl2O2/c1-7(11)14-10(13)6-8-2-4-9(12)5-3-8/h2-5,7H,6H2,1H3/t7-/m0/s1. The predicted molar refractivity (Wildman–Crippen MR) is 56.6 cm³/mol. The molecule has 0 aliphatic rings. The number of alkyl halides is 1. The number of carbonyl (C=O) groups excluding carboxylic acids is 1. The van der Waals surface area contributed by atoms with E-state index in [1.807, 2.05) is 0 Å². The smallest absolute Gasteiger partial charge is 0.311 e. The Morgan fingerprint density at radius 1 is 1.43 bits per heavy atom. The van der Waals surface area contributed by atoms with Gasteiger partial charge in [-0.15, -0.1) is 0 Å². The van der Waals surface area contributed by atoms with E-state index in [1.165, 1.54) is 0 Å². The molecule has 1 rings (SSSR count). The molecular formula is C10H10Cl2O2. The molecule has 0 saturated heterocycles. The normalized spacial score (nSPS) is 12.2. The highest BCUT2D eigenvalue weighted by Crippen LogP contribution is 2.10. The molecule has 0 N–H and O–H groups in total. The number of hydrogen-bond acceptors (Lipinski definition) is 2. The number of esters is 1. The van der Waals surface area contributed by atoms with Crippen LogP contribution in [0.2, 0.25) is 5.02 Å². The molecule has 2 nitrogen and oxygen atoms in total. The monoisotopic (exact) mass is 232 g/mol. The molecule has 0 bridgehead atoms. The van der Waals surface area contributed by atoms with E-state index < -0.39 is 5.56 Å². The maximum Gasteiger partial charge on any atom is 0.311 e. The van der Waals surface area contributed by atoms with E-state index >= 15 is 0 Å². The van der Waals surface area contributed by atoms with Crippen molar-refractivity contribution in [3.05, 3.63) is 34.9 Å². The van der Waals surface area contributed by atoms with Gasteiger partial charge in [0, 0.05) is 5.02 Å². The van der Waals surface area contributed by atoms with Crippen LogP contribution in [0.4, 0.5) is 0 Å². The van der Waals surface area contributed by atoms with Gasteiger partial charge in [0.1, 0.15) is 0 Å². The molecule has 0 heterocycles. The fourth-order valence-corrected chi connectivity index (χ4v) is 1.22. The van der Waals surface area contributed by atoms with Crippen molar-refractivity contribution in [3.8, 4) is 0 Å². The van der Waals surface area contributed by atoms with E-state index in [0.717, 1.165) is 5.56 Å². The second kappa shape index (κ2) is 5.23. The summed E-state index contributed by atoms with van der Waals surface area (Å²) in [5, 5.41) is 0.646. The topological polar surface area (TPSA) is 26.3 Å². The first-order chi connectivity index (χ1) is 6.58. The van der Waals surface area contributed by atoms with Crippen LogP contribution in [0.3, 0.4) is 0 Å². The second-order valence-electron chi connectivity index (χ2n) is 2.84. The third kappa shape index (κ3) is 3.99. The zero-order valence-corrected chi connectivity index (χ0v) is 9.18. The summed E-state index contributed by atoms with van der Waals surface area (Å²) in [7, 11) is 0. The summed E-state index contributed by atoms with van der Waals surface area (Å²) < 4.78 is 4.78. The minimum absolute atomic E-state index is 0.216. The Kier molecular flexibility index (Phi) is 4.23. The molecule has 76 valence electrons. The average molecular weight is 233 g/mol. The zero-order chi connectivity index (χ0) is 10.6. The molecule has 0 aromatic heterocycles. The van der Waals surface area contributed by atoms with Crippen molar-refractivity contribution in [2.75, 3.05) is 0 Å². The van der Waals surface area contributed by atoms with E-state index in [4.69, 9.17) is 27.9 Å². The molecule has 0 fully saturated rings. The molecule has 4 heteroatoms. The summed E-state index contributed by atoms with van der Waals surface area (Å²) in [6, 6.07) is 7.02. The molecule has 0 radical (unpaired) electrons. The summed E-state index contributed by atoms with van der Waals surface area (Å²) in [6.45, 7) is 1.60. The van der Waals surface area contributed by atoms with Crippen LogP contribution in [0, 0.1) is 0 Å². The van der Waals surface area contributed by atoms with Crippen LogP contribution in [0.15, 0.2) is 24.3 Å². The van der Waals surface area contributed by atoms with Gasteiger partial charge >= 0.3 is 5.97 Å². The Bertz CT molecular complexity index is 306. The number of ether oxygens (including phenoxy) is 1. The molecule has 0 saturated carbocycles. The molecule has 1 atom stereocenters. The summed E-state index contributed by atoms with van der Waals surface area (Å²) in [5.41, 5.74) is 0.270. The van der Waals surface area contributed by atoms with Crippen LogP contribution in [-0.4, -0.2) is 11.5 Å². The van der Waals surface area contributed by atoms with Crippen molar-refractivity contribution < 1.29 is 9.53 Å². The molecular weight excluding hydrogens is 223 g/mol. The lowest BCUT2D eigenvalue weighted by Crippen LogP contribution is -2.11. The molecule has 1 aromatic carbocycles. The average Bonchev–Trinajstić information content (AvgIpc) is 2.07. The molecule has 0 aliphatic carbocycles. The Balaban J connectivity index is 2.52. The lowest BCUT2D eigenvalue weighted by atomic mass is 10.2. The molecule has 1 aromatic rings. The predicted octanol–water partition coefficient (Wildman–Crippen LogP) is 3.01. The van der Waals surface area contributed by atoms with Gasteiger partial charge in [-0.25, -0.2) is 0 Å². The van der Waals surface area contributed by atoms with Gasteiger partial charge in [0.2, 0.25) is 0 Å². The van der Waals surface area contributed by atoms with Gasteiger partial charge in [0.25, 0.3) is 0 Å². The van der Waals surface area contributed by atoms with Gasteiger partial charge in [0.15, 0.2) is 5.56 Å². The minimum Gasteiger partial charge on any atom is -0.446 e. The van der Waals surface area contributed by atoms with Crippen molar-refractivity contribution in [2.45, 2.75) is 18.9 Å². The fourth-order valence-electron chi connectivity index (χ4n) is 0.992. The summed E-state index contributed by atoms with van der Waals surface area (Å²) in [6.07, 6.45) is 0.216. The van der Waals surface area contributed by atoms with Gasteiger partial charge in [-0.3, -0.25) is 4.79 Å². The molecule has 0 unspecified atom stereocenters. The van der Waals surface area contributed by atoms with Gasteiger partial charge < -0.3 is 4.74 Å². The second-order valence-corrected chi connectivity index (χ2v) is 3.89. The SMILES string of the molecule is C[C@@H](Cl)OC(=O)Cc1ccc(Cl)cc1. The highest BCUT2D eigenvalue weighted by molar-refractivity contribution is 6.30. The fraction of sp³-hybridized carbons (Fsp3) is 0.300. The maximum absolute atomic E-state index is 11.2. The first-order valence-corrected chi connectivity index (χ1v) is 4.97. The number of benzene rings is 1. The largest absolute Gasteiger partial charge is 0.446 e. The van der Waals surface area contributed by atoms with E-state index in [1.54, 1.807) is 31.2 Å². The van der Waals surface area contributed by atoms with Crippen molar-refractivity contribution in [1.29, 1.82) is 0 Å². The van der Waals surface area contributed by atoms with Crippen molar-refractivity contribution in [2.24, 2.45) is 0 Å².